The van der Waals surface area contributed by atoms with Crippen molar-refractivity contribution in [2.75, 3.05) is 0 Å². The first-order valence-electron chi connectivity index (χ1n) is 16.0. The van der Waals surface area contributed by atoms with Gasteiger partial charge >= 0.3 is 11.9 Å². The van der Waals surface area contributed by atoms with E-state index in [4.69, 9.17) is 9.47 Å². The van der Waals surface area contributed by atoms with E-state index in [0.29, 0.717) is 23.3 Å². The lowest BCUT2D eigenvalue weighted by Crippen LogP contribution is -2.21. The van der Waals surface area contributed by atoms with Crippen LogP contribution in [0.25, 0.3) is 0 Å². The van der Waals surface area contributed by atoms with E-state index in [-0.39, 0.29) is 35.1 Å². The molecule has 0 amide bonds. The largest absolute Gasteiger partial charge is 0.427 e. The molecule has 3 aromatic rings. The van der Waals surface area contributed by atoms with Crippen molar-refractivity contribution in [3.05, 3.63) is 124 Å². The van der Waals surface area contributed by atoms with E-state index >= 15 is 0 Å². The van der Waals surface area contributed by atoms with Gasteiger partial charge in [0.05, 0.1) is 11.1 Å². The van der Waals surface area contributed by atoms with Gasteiger partial charge in [0.1, 0.15) is 11.5 Å². The highest BCUT2D eigenvalue weighted by Gasteiger charge is 2.32. The maximum Gasteiger partial charge on any atom is 0.343 e. The van der Waals surface area contributed by atoms with Crippen LogP contribution in [-0.2, 0) is 10.2 Å². The molecule has 0 aromatic heterocycles. The first kappa shape index (κ1) is 33.0. The Balaban J connectivity index is 1.77. The molecular formula is C40H48O4. The molecule has 0 radical (unpaired) electrons. The lowest BCUT2D eigenvalue weighted by molar-refractivity contribution is 0.0601. The number of rotatable bonds is 10. The van der Waals surface area contributed by atoms with Gasteiger partial charge in [-0.25, -0.2) is 9.59 Å². The summed E-state index contributed by atoms with van der Waals surface area (Å²) in [6.45, 7) is 17.4. The summed E-state index contributed by atoms with van der Waals surface area (Å²) >= 11 is 0. The Morgan fingerprint density at radius 1 is 0.886 bits per heavy atom. The lowest BCUT2D eigenvalue weighted by Gasteiger charge is -2.34. The van der Waals surface area contributed by atoms with E-state index in [1.165, 1.54) is 11.1 Å². The van der Waals surface area contributed by atoms with Gasteiger partial charge in [-0.15, -0.1) is 0 Å². The molecular weight excluding hydrogens is 544 g/mol. The Morgan fingerprint density at radius 3 is 1.98 bits per heavy atom. The second-order valence-corrected chi connectivity index (χ2v) is 13.4. The van der Waals surface area contributed by atoms with Gasteiger partial charge in [0, 0.05) is 17.9 Å². The quantitative estimate of drug-likeness (QED) is 0.174. The van der Waals surface area contributed by atoms with Gasteiger partial charge in [-0.3, -0.25) is 0 Å². The molecule has 0 spiro atoms. The first-order chi connectivity index (χ1) is 20.9. The minimum absolute atomic E-state index is 0.199. The number of esters is 2. The molecule has 44 heavy (non-hydrogen) atoms. The maximum atomic E-state index is 13.1. The summed E-state index contributed by atoms with van der Waals surface area (Å²) in [5.74, 6) is 1.33. The van der Waals surface area contributed by atoms with Crippen molar-refractivity contribution in [1.29, 1.82) is 0 Å². The molecule has 2 atom stereocenters. The summed E-state index contributed by atoms with van der Waals surface area (Å²) in [7, 11) is 0. The average molecular weight is 593 g/mol. The second-order valence-electron chi connectivity index (χ2n) is 13.4. The molecule has 4 rings (SSSR count). The molecule has 3 aromatic carbocycles. The van der Waals surface area contributed by atoms with Gasteiger partial charge in [0.25, 0.3) is 0 Å². The first-order valence-corrected chi connectivity index (χ1v) is 16.0. The molecule has 4 nitrogen and oxygen atoms in total. The fourth-order valence-electron chi connectivity index (χ4n) is 6.08. The normalized spacial score (nSPS) is 16.0. The van der Waals surface area contributed by atoms with Crippen LogP contribution in [0.4, 0.5) is 0 Å². The number of hydrogen-bond acceptors (Lipinski definition) is 4. The SMILES string of the molecule is CCCCC(C1=CC(C(C)C)=C(OC(=O)c2ccccc2)CC1C)c1cc(C(C)(C)C)c(OC(=O)c2ccccc2)cc1C. The van der Waals surface area contributed by atoms with Crippen molar-refractivity contribution in [2.45, 2.75) is 92.4 Å². The molecule has 0 bridgehead atoms. The average Bonchev–Trinajstić information content (AvgIpc) is 2.98. The summed E-state index contributed by atoms with van der Waals surface area (Å²) in [6, 6.07) is 22.7. The summed E-state index contributed by atoms with van der Waals surface area (Å²) in [6.07, 6.45) is 6.21. The molecule has 0 saturated carbocycles. The Kier molecular flexibility index (Phi) is 10.7. The molecule has 232 valence electrons. The van der Waals surface area contributed by atoms with Gasteiger partial charge in [-0.05, 0) is 77.6 Å². The monoisotopic (exact) mass is 592 g/mol. The third kappa shape index (κ3) is 7.77. The predicted octanol–water partition coefficient (Wildman–Crippen LogP) is 10.5. The fourth-order valence-corrected chi connectivity index (χ4v) is 6.08. The predicted molar refractivity (Wildman–Crippen MR) is 179 cm³/mol. The van der Waals surface area contributed by atoms with E-state index < -0.39 is 0 Å². The van der Waals surface area contributed by atoms with E-state index in [9.17, 15) is 9.59 Å². The Hall–Kier alpha value is -3.92. The van der Waals surface area contributed by atoms with Gasteiger partial charge in [0.15, 0.2) is 0 Å². The summed E-state index contributed by atoms with van der Waals surface area (Å²) in [5.41, 5.74) is 6.72. The van der Waals surface area contributed by atoms with Crippen LogP contribution < -0.4 is 4.74 Å². The smallest absolute Gasteiger partial charge is 0.343 e. The zero-order valence-electron chi connectivity index (χ0n) is 27.7. The number of benzene rings is 3. The Labute approximate surface area is 264 Å². The molecule has 0 heterocycles. The Bertz CT molecular complexity index is 1520. The summed E-state index contributed by atoms with van der Waals surface area (Å²) in [5, 5.41) is 0. The van der Waals surface area contributed by atoms with Crippen molar-refractivity contribution >= 4 is 11.9 Å². The van der Waals surface area contributed by atoms with Crippen LogP contribution in [0.1, 0.15) is 117 Å². The highest BCUT2D eigenvalue weighted by molar-refractivity contribution is 5.91. The van der Waals surface area contributed by atoms with Crippen molar-refractivity contribution in [3.8, 4) is 5.75 Å². The zero-order valence-corrected chi connectivity index (χ0v) is 27.7. The lowest BCUT2D eigenvalue weighted by atomic mass is 9.73. The third-order valence-corrected chi connectivity index (χ3v) is 8.56. The van der Waals surface area contributed by atoms with E-state index in [1.807, 2.05) is 36.4 Å². The van der Waals surface area contributed by atoms with Crippen molar-refractivity contribution in [3.63, 3.8) is 0 Å². The standard InChI is InChI=1S/C40H48O4/c1-9-10-21-31(33-24-32(26(2)3)36(22-27(33)4)43-38(41)29-17-13-11-14-18-29)34-25-35(40(6,7)8)37(23-28(34)5)44-39(42)30-19-15-12-16-20-30/h11-20,23-27,31H,9-10,21-22H2,1-8H3. The molecule has 1 aliphatic rings. The highest BCUT2D eigenvalue weighted by atomic mass is 16.5. The number of hydrogen-bond donors (Lipinski definition) is 0. The third-order valence-electron chi connectivity index (χ3n) is 8.56. The number of unbranched alkanes of at least 4 members (excludes halogenated alkanes) is 1. The summed E-state index contributed by atoms with van der Waals surface area (Å²) < 4.78 is 12.1. The van der Waals surface area contributed by atoms with Crippen LogP contribution in [0.3, 0.4) is 0 Å². The van der Waals surface area contributed by atoms with E-state index in [0.717, 1.165) is 41.7 Å². The zero-order chi connectivity index (χ0) is 32.0. The van der Waals surface area contributed by atoms with Gasteiger partial charge < -0.3 is 9.47 Å². The number of aryl methyl sites for hydroxylation is 1. The molecule has 0 aliphatic heterocycles. The minimum atomic E-state index is -0.348. The molecule has 4 heteroatoms. The number of carbonyl (C=O) groups excluding carboxylic acids is 2. The number of allylic oxidation sites excluding steroid dienone is 4. The van der Waals surface area contributed by atoms with Gasteiger partial charge in [-0.1, -0.05) is 115 Å². The van der Waals surface area contributed by atoms with Crippen LogP contribution in [0.5, 0.6) is 5.75 Å². The van der Waals surface area contributed by atoms with Gasteiger partial charge in [0.2, 0.25) is 0 Å². The van der Waals surface area contributed by atoms with Crippen LogP contribution in [0, 0.1) is 18.8 Å². The molecule has 1 aliphatic carbocycles. The van der Waals surface area contributed by atoms with Crippen LogP contribution in [-0.4, -0.2) is 11.9 Å². The van der Waals surface area contributed by atoms with E-state index in [2.05, 4.69) is 73.6 Å². The summed E-state index contributed by atoms with van der Waals surface area (Å²) in [4.78, 5) is 26.1. The second kappa shape index (κ2) is 14.2. The van der Waals surface area contributed by atoms with E-state index in [1.54, 1.807) is 24.3 Å². The van der Waals surface area contributed by atoms with Crippen molar-refractivity contribution in [1.82, 2.24) is 0 Å². The molecule has 2 unspecified atom stereocenters. The highest BCUT2D eigenvalue weighted by Crippen LogP contribution is 2.45. The van der Waals surface area contributed by atoms with Crippen molar-refractivity contribution in [2.24, 2.45) is 11.8 Å². The van der Waals surface area contributed by atoms with Crippen LogP contribution in [0.15, 0.2) is 95.8 Å². The topological polar surface area (TPSA) is 52.6 Å². The van der Waals surface area contributed by atoms with Gasteiger partial charge in [-0.2, -0.15) is 0 Å². The van der Waals surface area contributed by atoms with Crippen LogP contribution in [0.2, 0.25) is 0 Å². The molecule has 0 fully saturated rings. The van der Waals surface area contributed by atoms with Crippen molar-refractivity contribution < 1.29 is 19.1 Å². The maximum absolute atomic E-state index is 13.1. The Morgan fingerprint density at radius 2 is 1.45 bits per heavy atom. The minimum Gasteiger partial charge on any atom is -0.427 e. The number of carbonyl (C=O) groups is 2. The number of ether oxygens (including phenoxy) is 2. The molecule has 0 saturated heterocycles. The fraction of sp³-hybridized carbons (Fsp3) is 0.400. The van der Waals surface area contributed by atoms with Crippen LogP contribution >= 0.6 is 0 Å². The molecule has 0 N–H and O–H groups in total.